The molecular weight excluding hydrogens is 144 g/mol. The van der Waals surface area contributed by atoms with Crippen molar-refractivity contribution in [2.24, 2.45) is 5.73 Å². The van der Waals surface area contributed by atoms with Crippen molar-refractivity contribution in [2.75, 3.05) is 13.2 Å². The molecule has 0 saturated carbocycles. The fourth-order valence-electron chi connectivity index (χ4n) is 0.961. The molecule has 1 fully saturated rings. The normalized spacial score (nSPS) is 29.9. The predicted octanol–water partition coefficient (Wildman–Crippen LogP) is -0.985. The Bertz CT molecular complexity index is 170. The lowest BCUT2D eigenvalue weighted by molar-refractivity contribution is -0.117. The number of rotatable bonds is 2. The van der Waals surface area contributed by atoms with Crippen LogP contribution in [0.25, 0.3) is 0 Å². The topological polar surface area (TPSA) is 64.3 Å². The second kappa shape index (κ2) is 3.50. The largest absolute Gasteiger partial charge is 0.378 e. The highest BCUT2D eigenvalue weighted by Crippen LogP contribution is 2.01. The summed E-state index contributed by atoms with van der Waals surface area (Å²) in [4.78, 5) is 10.8. The van der Waals surface area contributed by atoms with E-state index < -0.39 is 0 Å². The van der Waals surface area contributed by atoms with Crippen molar-refractivity contribution >= 4 is 5.91 Å². The summed E-state index contributed by atoms with van der Waals surface area (Å²) in [6, 6.07) is -0.139. The van der Waals surface area contributed by atoms with Gasteiger partial charge in [-0.05, 0) is 6.08 Å². The maximum Gasteiger partial charge on any atom is 0.243 e. The summed E-state index contributed by atoms with van der Waals surface area (Å²) in [5.74, 6) is -0.198. The minimum Gasteiger partial charge on any atom is -0.378 e. The quantitative estimate of drug-likeness (QED) is 0.505. The van der Waals surface area contributed by atoms with Crippen molar-refractivity contribution in [2.45, 2.75) is 12.1 Å². The average Bonchev–Trinajstić information content (AvgIpc) is 2.37. The van der Waals surface area contributed by atoms with E-state index in [9.17, 15) is 4.79 Å². The predicted molar refractivity (Wildman–Crippen MR) is 40.9 cm³/mol. The summed E-state index contributed by atoms with van der Waals surface area (Å²) in [5.41, 5.74) is 5.61. The van der Waals surface area contributed by atoms with E-state index in [2.05, 4.69) is 11.9 Å². The van der Waals surface area contributed by atoms with Gasteiger partial charge in [-0.3, -0.25) is 4.79 Å². The number of carbonyl (C=O) groups excluding carboxylic acids is 1. The Morgan fingerprint density at radius 1 is 1.73 bits per heavy atom. The molecule has 0 aromatic heterocycles. The first-order chi connectivity index (χ1) is 5.24. The zero-order chi connectivity index (χ0) is 8.27. The first kappa shape index (κ1) is 8.23. The highest BCUT2D eigenvalue weighted by atomic mass is 16.5. The van der Waals surface area contributed by atoms with Gasteiger partial charge in [0.2, 0.25) is 5.91 Å². The van der Waals surface area contributed by atoms with Crippen molar-refractivity contribution in [3.8, 4) is 0 Å². The Hall–Kier alpha value is -0.870. The van der Waals surface area contributed by atoms with Crippen LogP contribution in [0.15, 0.2) is 12.7 Å². The van der Waals surface area contributed by atoms with E-state index >= 15 is 0 Å². The van der Waals surface area contributed by atoms with Gasteiger partial charge in [0, 0.05) is 0 Å². The highest BCUT2D eigenvalue weighted by molar-refractivity contribution is 5.87. The van der Waals surface area contributed by atoms with E-state index in [1.54, 1.807) is 0 Å². The van der Waals surface area contributed by atoms with Crippen LogP contribution >= 0.6 is 0 Å². The van der Waals surface area contributed by atoms with Gasteiger partial charge < -0.3 is 15.8 Å². The summed E-state index contributed by atoms with van der Waals surface area (Å²) in [7, 11) is 0. The summed E-state index contributed by atoms with van der Waals surface area (Å²) in [6.07, 6.45) is 1.23. The Morgan fingerprint density at radius 2 is 2.45 bits per heavy atom. The van der Waals surface area contributed by atoms with Crippen LogP contribution in [0, 0.1) is 0 Å². The Kier molecular flexibility index (Phi) is 2.62. The third-order valence-corrected chi connectivity index (χ3v) is 1.64. The third kappa shape index (κ3) is 2.03. The van der Waals surface area contributed by atoms with E-state index in [0.717, 1.165) is 0 Å². The van der Waals surface area contributed by atoms with Gasteiger partial charge in [0.25, 0.3) is 0 Å². The summed E-state index contributed by atoms with van der Waals surface area (Å²) >= 11 is 0. The lowest BCUT2D eigenvalue weighted by atomic mass is 10.2. The number of hydrogen-bond acceptors (Lipinski definition) is 3. The highest BCUT2D eigenvalue weighted by Gasteiger charge is 2.25. The van der Waals surface area contributed by atoms with E-state index in [0.29, 0.717) is 13.2 Å². The molecule has 62 valence electrons. The fraction of sp³-hybridized carbons (Fsp3) is 0.571. The number of carbonyl (C=O) groups is 1. The molecule has 4 heteroatoms. The average molecular weight is 156 g/mol. The van der Waals surface area contributed by atoms with E-state index in [4.69, 9.17) is 10.5 Å². The zero-order valence-corrected chi connectivity index (χ0v) is 6.25. The van der Waals surface area contributed by atoms with Crippen LogP contribution in [0.4, 0.5) is 0 Å². The van der Waals surface area contributed by atoms with Crippen molar-refractivity contribution in [1.82, 2.24) is 5.32 Å². The molecule has 0 aromatic rings. The Morgan fingerprint density at radius 3 is 2.91 bits per heavy atom. The van der Waals surface area contributed by atoms with Crippen molar-refractivity contribution in [3.05, 3.63) is 12.7 Å². The number of amides is 1. The molecule has 1 heterocycles. The van der Waals surface area contributed by atoms with Gasteiger partial charge in [0.15, 0.2) is 0 Å². The van der Waals surface area contributed by atoms with Gasteiger partial charge in [-0.1, -0.05) is 6.58 Å². The second-order valence-electron chi connectivity index (χ2n) is 2.52. The molecule has 0 radical (unpaired) electrons. The molecular formula is C7H12N2O2. The van der Waals surface area contributed by atoms with Gasteiger partial charge in [0.05, 0.1) is 25.3 Å². The molecule has 2 atom stereocenters. The Labute approximate surface area is 65.4 Å². The number of hydrogen-bond donors (Lipinski definition) is 2. The fourth-order valence-corrected chi connectivity index (χ4v) is 0.961. The molecule has 1 saturated heterocycles. The smallest absolute Gasteiger partial charge is 0.243 e. The van der Waals surface area contributed by atoms with Crippen LogP contribution in [-0.2, 0) is 9.53 Å². The monoisotopic (exact) mass is 156 g/mol. The minimum absolute atomic E-state index is 0.0551. The zero-order valence-electron chi connectivity index (χ0n) is 6.25. The standard InChI is InChI=1S/C7H12N2O2/c1-2-7(10)9-6-4-11-3-5(6)8/h2,5-6H,1,3-4,8H2,(H,9,10)/t5?,6-/m0/s1. The minimum atomic E-state index is -0.198. The molecule has 0 bridgehead atoms. The summed E-state index contributed by atoms with van der Waals surface area (Å²) < 4.78 is 5.04. The number of nitrogens with one attached hydrogen (secondary N) is 1. The molecule has 1 unspecified atom stereocenters. The van der Waals surface area contributed by atoms with Crippen LogP contribution < -0.4 is 11.1 Å². The molecule has 1 aliphatic rings. The van der Waals surface area contributed by atoms with Gasteiger partial charge >= 0.3 is 0 Å². The molecule has 11 heavy (non-hydrogen) atoms. The third-order valence-electron chi connectivity index (χ3n) is 1.64. The van der Waals surface area contributed by atoms with E-state index in [1.807, 2.05) is 0 Å². The van der Waals surface area contributed by atoms with E-state index in [1.165, 1.54) is 6.08 Å². The summed E-state index contributed by atoms with van der Waals surface area (Å²) in [5, 5.41) is 2.67. The molecule has 0 aliphatic carbocycles. The molecule has 4 nitrogen and oxygen atoms in total. The van der Waals surface area contributed by atoms with Crippen LogP contribution in [0.1, 0.15) is 0 Å². The van der Waals surface area contributed by atoms with Gasteiger partial charge in [-0.25, -0.2) is 0 Å². The first-order valence-electron chi connectivity index (χ1n) is 3.50. The molecule has 1 amide bonds. The van der Waals surface area contributed by atoms with Gasteiger partial charge in [0.1, 0.15) is 0 Å². The van der Waals surface area contributed by atoms with Crippen LogP contribution in [0.2, 0.25) is 0 Å². The summed E-state index contributed by atoms with van der Waals surface area (Å²) in [6.45, 7) is 4.35. The SMILES string of the molecule is C=CC(=O)N[C@H]1COCC1N. The second-order valence-corrected chi connectivity index (χ2v) is 2.52. The maximum atomic E-state index is 10.8. The number of ether oxygens (including phenoxy) is 1. The lowest BCUT2D eigenvalue weighted by Crippen LogP contribution is -2.46. The maximum absolute atomic E-state index is 10.8. The molecule has 1 aliphatic heterocycles. The molecule has 1 rings (SSSR count). The number of nitrogens with two attached hydrogens (primary N) is 1. The molecule has 0 spiro atoms. The molecule has 3 N–H and O–H groups in total. The van der Waals surface area contributed by atoms with Gasteiger partial charge in [-0.15, -0.1) is 0 Å². The van der Waals surface area contributed by atoms with Crippen LogP contribution in [-0.4, -0.2) is 31.2 Å². The van der Waals surface area contributed by atoms with E-state index in [-0.39, 0.29) is 18.0 Å². The van der Waals surface area contributed by atoms with Crippen molar-refractivity contribution < 1.29 is 9.53 Å². The lowest BCUT2D eigenvalue weighted by Gasteiger charge is -2.12. The van der Waals surface area contributed by atoms with Crippen LogP contribution in [0.3, 0.4) is 0 Å². The van der Waals surface area contributed by atoms with Crippen LogP contribution in [0.5, 0.6) is 0 Å². The Balaban J connectivity index is 2.36. The van der Waals surface area contributed by atoms with Crippen molar-refractivity contribution in [1.29, 1.82) is 0 Å². The first-order valence-corrected chi connectivity index (χ1v) is 3.50. The molecule has 0 aromatic carbocycles. The van der Waals surface area contributed by atoms with Gasteiger partial charge in [-0.2, -0.15) is 0 Å². The van der Waals surface area contributed by atoms with Crippen molar-refractivity contribution in [3.63, 3.8) is 0 Å².